The molecule has 0 amide bonds. The van der Waals surface area contributed by atoms with Crippen molar-refractivity contribution in [1.82, 2.24) is 23.8 Å². The highest BCUT2D eigenvalue weighted by Gasteiger charge is 2.54. The van der Waals surface area contributed by atoms with Crippen molar-refractivity contribution in [3.63, 3.8) is 0 Å². The minimum absolute atomic E-state index is 0.0605. The maximum Gasteiger partial charge on any atom is 0.211 e. The molecule has 0 radical (unpaired) electrons. The fourth-order valence-electron chi connectivity index (χ4n) is 6.88. The normalized spacial score (nSPS) is 19.0. The number of anilines is 2. The molecule has 0 atom stereocenters. The number of pyridine rings is 2. The highest BCUT2D eigenvalue weighted by molar-refractivity contribution is 7.88. The van der Waals surface area contributed by atoms with E-state index in [2.05, 4.69) is 52.3 Å². The van der Waals surface area contributed by atoms with Crippen LogP contribution in [-0.2, 0) is 15.6 Å². The lowest BCUT2D eigenvalue weighted by molar-refractivity contribution is 0.0400. The lowest BCUT2D eigenvalue weighted by Crippen LogP contribution is -2.72. The van der Waals surface area contributed by atoms with Gasteiger partial charge >= 0.3 is 0 Å². The van der Waals surface area contributed by atoms with Gasteiger partial charge in [-0.3, -0.25) is 4.57 Å². The number of nitrogen functional groups attached to an aromatic ring is 1. The molecule has 5 aromatic rings. The Balaban J connectivity index is 1.15. The lowest BCUT2D eigenvalue weighted by Gasteiger charge is -2.60. The zero-order valence-electron chi connectivity index (χ0n) is 24.5. The van der Waals surface area contributed by atoms with E-state index in [0.29, 0.717) is 24.7 Å². The molecule has 0 unspecified atom stereocenters. The van der Waals surface area contributed by atoms with Gasteiger partial charge in [-0.15, -0.1) is 0 Å². The summed E-state index contributed by atoms with van der Waals surface area (Å²) in [6.45, 7) is 2.89. The van der Waals surface area contributed by atoms with Gasteiger partial charge in [-0.25, -0.2) is 27.7 Å². The predicted octanol–water partition coefficient (Wildman–Crippen LogP) is 4.15. The van der Waals surface area contributed by atoms with E-state index in [9.17, 15) is 8.42 Å². The van der Waals surface area contributed by atoms with Crippen molar-refractivity contribution in [2.75, 3.05) is 43.1 Å². The summed E-state index contributed by atoms with van der Waals surface area (Å²) >= 11 is 0. The second-order valence-corrected chi connectivity index (χ2v) is 14.7. The van der Waals surface area contributed by atoms with Crippen LogP contribution in [0.4, 0.5) is 11.5 Å². The highest BCUT2D eigenvalue weighted by atomic mass is 32.2. The molecule has 1 aliphatic carbocycles. The Kier molecular flexibility index (Phi) is 5.94. The Morgan fingerprint density at radius 1 is 0.864 bits per heavy atom. The van der Waals surface area contributed by atoms with Crippen LogP contribution >= 0.6 is 0 Å². The van der Waals surface area contributed by atoms with Crippen LogP contribution < -0.4 is 16.4 Å². The van der Waals surface area contributed by atoms with Crippen molar-refractivity contribution in [2.45, 2.75) is 24.8 Å². The zero-order chi connectivity index (χ0) is 30.3. The first-order valence-corrected chi connectivity index (χ1v) is 16.8. The van der Waals surface area contributed by atoms with E-state index in [4.69, 9.17) is 21.4 Å². The van der Waals surface area contributed by atoms with Gasteiger partial charge in [0.1, 0.15) is 11.3 Å². The number of imidazole rings is 1. The smallest absolute Gasteiger partial charge is 0.211 e. The number of fused-ring (bicyclic) bond motifs is 1. The molecule has 1 saturated carbocycles. The van der Waals surface area contributed by atoms with Crippen LogP contribution in [0.3, 0.4) is 0 Å². The molecule has 1 spiro atoms. The predicted molar refractivity (Wildman–Crippen MR) is 173 cm³/mol. The van der Waals surface area contributed by atoms with E-state index in [1.54, 1.807) is 10.5 Å². The van der Waals surface area contributed by atoms with E-state index in [1.165, 1.54) is 6.26 Å². The zero-order valence-corrected chi connectivity index (χ0v) is 25.3. The van der Waals surface area contributed by atoms with Crippen LogP contribution in [0.5, 0.6) is 0 Å². The van der Waals surface area contributed by atoms with Crippen LogP contribution in [-0.4, -0.2) is 64.7 Å². The number of benzene rings is 2. The average Bonchev–Trinajstić information content (AvgIpc) is 3.33. The quantitative estimate of drug-likeness (QED) is 0.294. The van der Waals surface area contributed by atoms with E-state index in [-0.39, 0.29) is 11.0 Å². The summed E-state index contributed by atoms with van der Waals surface area (Å²) in [5.41, 5.74) is 20.0. The third-order valence-corrected chi connectivity index (χ3v) is 10.8. The van der Waals surface area contributed by atoms with Crippen LogP contribution in [0.1, 0.15) is 24.8 Å². The lowest BCUT2D eigenvalue weighted by atomic mass is 9.73. The molecule has 224 valence electrons. The first kappa shape index (κ1) is 27.2. The minimum Gasteiger partial charge on any atom is -0.383 e. The van der Waals surface area contributed by atoms with Gasteiger partial charge in [-0.05, 0) is 73.4 Å². The van der Waals surface area contributed by atoms with Crippen LogP contribution in [0, 0.1) is 5.41 Å². The molecule has 0 bridgehead atoms. The second-order valence-electron chi connectivity index (χ2n) is 12.7. The molecular formula is C33H34N8O2S. The number of hydrogen-bond donors (Lipinski definition) is 2. The molecule has 3 aromatic heterocycles. The van der Waals surface area contributed by atoms with Gasteiger partial charge in [0.05, 0.1) is 17.5 Å². The second kappa shape index (κ2) is 9.59. The number of aromatic nitrogens is 4. The van der Waals surface area contributed by atoms with Crippen molar-refractivity contribution in [3.05, 3.63) is 84.6 Å². The maximum atomic E-state index is 11.9. The summed E-state index contributed by atoms with van der Waals surface area (Å²) in [4.78, 5) is 16.8. The van der Waals surface area contributed by atoms with E-state index in [1.807, 2.05) is 34.9 Å². The van der Waals surface area contributed by atoms with E-state index in [0.717, 1.165) is 77.3 Å². The number of nitrogens with zero attached hydrogens (tertiary/aromatic N) is 6. The summed E-state index contributed by atoms with van der Waals surface area (Å²) in [6.07, 6.45) is 6.11. The molecule has 2 aromatic carbocycles. The van der Waals surface area contributed by atoms with Crippen molar-refractivity contribution in [3.8, 4) is 28.3 Å². The summed E-state index contributed by atoms with van der Waals surface area (Å²) in [5, 5.41) is 0. The number of nitrogens with two attached hydrogens (primary N) is 2. The van der Waals surface area contributed by atoms with Crippen molar-refractivity contribution >= 4 is 32.7 Å². The highest BCUT2D eigenvalue weighted by Crippen LogP contribution is 2.43. The number of hydrogen-bond acceptors (Lipinski definition) is 8. The van der Waals surface area contributed by atoms with Gasteiger partial charge < -0.3 is 16.4 Å². The Morgan fingerprint density at radius 3 is 2.32 bits per heavy atom. The molecule has 3 aliphatic rings. The molecule has 8 rings (SSSR count). The number of sulfonamides is 1. The molecule has 3 fully saturated rings. The van der Waals surface area contributed by atoms with Gasteiger partial charge in [-0.1, -0.05) is 24.3 Å². The average molecular weight is 607 g/mol. The fraction of sp³-hybridized carbons (Fsp3) is 0.303. The monoisotopic (exact) mass is 606 g/mol. The van der Waals surface area contributed by atoms with Gasteiger partial charge in [0.2, 0.25) is 10.0 Å². The van der Waals surface area contributed by atoms with E-state index >= 15 is 0 Å². The SMILES string of the molecule is CS(=O)(=O)N1CC2(CN(c3cccc(-c4ccc5nc(-c6cccnc6N)n(-c6ccc(C7(N)CCC7)cc6)c5n4)c3)C2)C1. The Hall–Kier alpha value is -4.32. The molecule has 11 heteroatoms. The largest absolute Gasteiger partial charge is 0.383 e. The van der Waals surface area contributed by atoms with Crippen molar-refractivity contribution in [1.29, 1.82) is 0 Å². The molecular weight excluding hydrogens is 572 g/mol. The van der Waals surface area contributed by atoms with Crippen LogP contribution in [0.2, 0.25) is 0 Å². The summed E-state index contributed by atoms with van der Waals surface area (Å²) in [7, 11) is -3.12. The van der Waals surface area contributed by atoms with Crippen LogP contribution in [0.15, 0.2) is 79.0 Å². The van der Waals surface area contributed by atoms with Crippen molar-refractivity contribution in [2.24, 2.45) is 11.1 Å². The van der Waals surface area contributed by atoms with E-state index < -0.39 is 10.0 Å². The summed E-state index contributed by atoms with van der Waals surface area (Å²) < 4.78 is 27.3. The molecule has 2 saturated heterocycles. The Bertz CT molecular complexity index is 2020. The third kappa shape index (κ3) is 4.37. The Morgan fingerprint density at radius 2 is 1.64 bits per heavy atom. The molecule has 2 aliphatic heterocycles. The maximum absolute atomic E-state index is 11.9. The third-order valence-electron chi connectivity index (χ3n) is 9.58. The minimum atomic E-state index is -3.12. The van der Waals surface area contributed by atoms with Gasteiger partial charge in [0.25, 0.3) is 0 Å². The first-order valence-electron chi connectivity index (χ1n) is 14.9. The van der Waals surface area contributed by atoms with Crippen LogP contribution in [0.25, 0.3) is 39.5 Å². The van der Waals surface area contributed by atoms with Gasteiger partial charge in [-0.2, -0.15) is 0 Å². The van der Waals surface area contributed by atoms with Gasteiger partial charge in [0.15, 0.2) is 11.5 Å². The summed E-state index contributed by atoms with van der Waals surface area (Å²) in [6, 6.07) is 24.6. The topological polar surface area (TPSA) is 136 Å². The number of rotatable bonds is 6. The molecule has 5 heterocycles. The standard InChI is InChI=1S/C33H34N8O2S/c1-44(42,43)40-20-32(21-40)18-39(19-32)25-6-2-5-22(17-25)27-12-13-28-31(37-27)41(30(38-28)26-7-3-16-36-29(26)34)24-10-8-23(9-11-24)33(35)14-4-15-33/h2-3,5-13,16-17H,4,14-15,18-21,35H2,1H3,(H2,34,36). The molecule has 44 heavy (non-hydrogen) atoms. The molecule has 10 nitrogen and oxygen atoms in total. The Labute approximate surface area is 256 Å². The first-order chi connectivity index (χ1) is 21.1. The van der Waals surface area contributed by atoms with Crippen molar-refractivity contribution < 1.29 is 8.42 Å². The summed E-state index contributed by atoms with van der Waals surface area (Å²) in [5.74, 6) is 1.08. The molecule has 4 N–H and O–H groups in total. The van der Waals surface area contributed by atoms with Gasteiger partial charge in [0, 0.05) is 60.3 Å². The fourth-order valence-corrected chi connectivity index (χ4v) is 7.90.